The fraction of sp³-hybridized carbons (Fsp3) is 0.429. The van der Waals surface area contributed by atoms with E-state index in [-0.39, 0.29) is 5.56 Å². The largest absolute Gasteiger partial charge is 0.469 e. The Hall–Kier alpha value is -1.88. The maximum Gasteiger partial charge on any atom is 0.251 e. The van der Waals surface area contributed by atoms with Gasteiger partial charge in [0.25, 0.3) is 5.56 Å². The lowest BCUT2D eigenvalue weighted by atomic mass is 10.2. The van der Waals surface area contributed by atoms with Gasteiger partial charge in [-0.3, -0.25) is 4.79 Å². The Balaban J connectivity index is 2.21. The van der Waals surface area contributed by atoms with Crippen LogP contribution in [0.1, 0.15) is 25.3 Å². The molecule has 2 rings (SSSR count). The van der Waals surface area contributed by atoms with Gasteiger partial charge in [-0.2, -0.15) is 0 Å². The fourth-order valence-corrected chi connectivity index (χ4v) is 1.85. The van der Waals surface area contributed by atoms with Crippen LogP contribution in [0.3, 0.4) is 0 Å². The van der Waals surface area contributed by atoms with Crippen LogP contribution in [-0.4, -0.2) is 16.5 Å². The first-order valence-corrected chi connectivity index (χ1v) is 6.41. The van der Waals surface area contributed by atoms with Gasteiger partial charge in [-0.05, 0) is 25.5 Å². The molecule has 102 valence electrons. The summed E-state index contributed by atoms with van der Waals surface area (Å²) in [5.41, 5.74) is 1.41. The van der Waals surface area contributed by atoms with Crippen molar-refractivity contribution in [3.05, 3.63) is 40.2 Å². The predicted octanol–water partition coefficient (Wildman–Crippen LogP) is 2.08. The van der Waals surface area contributed by atoms with Gasteiger partial charge in [-0.15, -0.1) is 0 Å². The van der Waals surface area contributed by atoms with E-state index in [2.05, 4.69) is 29.1 Å². The Kier molecular flexibility index (Phi) is 4.16. The van der Waals surface area contributed by atoms with E-state index >= 15 is 0 Å². The van der Waals surface area contributed by atoms with Crippen molar-refractivity contribution >= 4 is 0 Å². The molecule has 0 atom stereocenters. The number of hydrogen-bond donors (Lipinski definition) is 2. The molecule has 0 fully saturated rings. The number of aryl methyl sites for hydroxylation is 1. The van der Waals surface area contributed by atoms with E-state index in [1.807, 2.05) is 6.92 Å². The lowest BCUT2D eigenvalue weighted by Crippen LogP contribution is -2.21. The van der Waals surface area contributed by atoms with Crippen LogP contribution in [0.25, 0.3) is 11.4 Å². The Morgan fingerprint density at radius 1 is 1.47 bits per heavy atom. The Bertz CT molecular complexity index is 599. The summed E-state index contributed by atoms with van der Waals surface area (Å²) >= 11 is 0. The van der Waals surface area contributed by atoms with E-state index in [0.717, 1.165) is 23.6 Å². The van der Waals surface area contributed by atoms with Crippen LogP contribution in [0.2, 0.25) is 0 Å². The first kappa shape index (κ1) is 13.5. The van der Waals surface area contributed by atoms with E-state index in [4.69, 9.17) is 4.42 Å². The van der Waals surface area contributed by atoms with Crippen molar-refractivity contribution in [2.75, 3.05) is 6.54 Å². The lowest BCUT2D eigenvalue weighted by molar-refractivity contribution is 0.535. The zero-order chi connectivity index (χ0) is 13.8. The molecule has 2 N–H and O–H groups in total. The highest BCUT2D eigenvalue weighted by Gasteiger charge is 2.09. The molecule has 0 radical (unpaired) electrons. The Labute approximate surface area is 112 Å². The third kappa shape index (κ3) is 3.54. The zero-order valence-corrected chi connectivity index (χ0v) is 11.5. The molecule has 0 saturated heterocycles. The minimum atomic E-state index is -0.146. The van der Waals surface area contributed by atoms with Crippen molar-refractivity contribution in [3.63, 3.8) is 0 Å². The number of nitrogens with zero attached hydrogens (tertiary/aromatic N) is 1. The molecule has 5 nitrogen and oxygen atoms in total. The summed E-state index contributed by atoms with van der Waals surface area (Å²) in [6.45, 7) is 7.61. The summed E-state index contributed by atoms with van der Waals surface area (Å²) in [6.07, 6.45) is 1.59. The van der Waals surface area contributed by atoms with Crippen LogP contribution in [0.4, 0.5) is 0 Å². The summed E-state index contributed by atoms with van der Waals surface area (Å²) in [5.74, 6) is 1.87. The first-order chi connectivity index (χ1) is 9.06. The smallest absolute Gasteiger partial charge is 0.251 e. The van der Waals surface area contributed by atoms with E-state index < -0.39 is 0 Å². The van der Waals surface area contributed by atoms with E-state index in [1.165, 1.54) is 6.07 Å². The van der Waals surface area contributed by atoms with Gasteiger partial charge in [-0.25, -0.2) is 4.98 Å². The summed E-state index contributed by atoms with van der Waals surface area (Å²) in [4.78, 5) is 18.9. The molecule has 2 aromatic rings. The normalized spacial score (nSPS) is 11.2. The van der Waals surface area contributed by atoms with Crippen molar-refractivity contribution in [1.29, 1.82) is 0 Å². The minimum Gasteiger partial charge on any atom is -0.469 e. The molecule has 0 spiro atoms. The lowest BCUT2D eigenvalue weighted by Gasteiger charge is -2.07. The second-order valence-electron chi connectivity index (χ2n) is 5.00. The van der Waals surface area contributed by atoms with Crippen LogP contribution < -0.4 is 10.9 Å². The van der Waals surface area contributed by atoms with Crippen molar-refractivity contribution in [2.45, 2.75) is 27.3 Å². The van der Waals surface area contributed by atoms with Crippen LogP contribution in [0.15, 0.2) is 27.6 Å². The first-order valence-electron chi connectivity index (χ1n) is 6.41. The van der Waals surface area contributed by atoms with Gasteiger partial charge >= 0.3 is 0 Å². The molecule has 0 aromatic carbocycles. The van der Waals surface area contributed by atoms with Gasteiger partial charge in [0.15, 0.2) is 0 Å². The van der Waals surface area contributed by atoms with Crippen LogP contribution in [0, 0.1) is 12.8 Å². The van der Waals surface area contributed by atoms with Gasteiger partial charge in [0, 0.05) is 12.6 Å². The molecule has 0 bridgehead atoms. The summed E-state index contributed by atoms with van der Waals surface area (Å²) in [6, 6.07) is 3.32. The number of aromatic amines is 1. The molecule has 19 heavy (non-hydrogen) atoms. The van der Waals surface area contributed by atoms with E-state index in [1.54, 1.807) is 12.3 Å². The highest BCUT2D eigenvalue weighted by atomic mass is 16.3. The minimum absolute atomic E-state index is 0.146. The molecule has 0 aliphatic rings. The fourth-order valence-electron chi connectivity index (χ4n) is 1.85. The van der Waals surface area contributed by atoms with Gasteiger partial charge < -0.3 is 14.7 Å². The quantitative estimate of drug-likeness (QED) is 0.864. The maximum atomic E-state index is 11.7. The third-order valence-corrected chi connectivity index (χ3v) is 2.77. The number of hydrogen-bond acceptors (Lipinski definition) is 4. The molecule has 0 aliphatic carbocycles. The second kappa shape index (κ2) is 5.84. The topological polar surface area (TPSA) is 70.9 Å². The molecule has 0 unspecified atom stereocenters. The number of nitrogens with one attached hydrogen (secondary N) is 2. The molecule has 0 aliphatic heterocycles. The highest BCUT2D eigenvalue weighted by Crippen LogP contribution is 2.19. The van der Waals surface area contributed by atoms with Gasteiger partial charge in [0.2, 0.25) is 0 Å². The Morgan fingerprint density at radius 2 is 2.26 bits per heavy atom. The van der Waals surface area contributed by atoms with Crippen LogP contribution in [-0.2, 0) is 6.54 Å². The summed E-state index contributed by atoms with van der Waals surface area (Å²) in [7, 11) is 0. The predicted molar refractivity (Wildman–Crippen MR) is 73.8 cm³/mol. The molecule has 2 aromatic heterocycles. The van der Waals surface area contributed by atoms with Crippen LogP contribution in [0.5, 0.6) is 0 Å². The Morgan fingerprint density at radius 3 is 2.89 bits per heavy atom. The van der Waals surface area contributed by atoms with Crippen molar-refractivity contribution < 1.29 is 4.42 Å². The average Bonchev–Trinajstić information content (AvgIpc) is 2.74. The van der Waals surface area contributed by atoms with Crippen LogP contribution >= 0.6 is 0 Å². The van der Waals surface area contributed by atoms with Crippen molar-refractivity contribution in [2.24, 2.45) is 5.92 Å². The molecule has 0 saturated carbocycles. The van der Waals surface area contributed by atoms with Gasteiger partial charge in [0.1, 0.15) is 11.6 Å². The number of furan rings is 1. The molecule has 5 heteroatoms. The highest BCUT2D eigenvalue weighted by molar-refractivity contribution is 5.56. The maximum absolute atomic E-state index is 11.7. The second-order valence-corrected chi connectivity index (χ2v) is 5.00. The van der Waals surface area contributed by atoms with E-state index in [9.17, 15) is 4.79 Å². The average molecular weight is 261 g/mol. The standard InChI is InChI=1S/C14H19N3O2/c1-9(2)7-15-8-11-6-13(18)17-14(16-11)12-4-5-19-10(12)3/h4-6,9,15H,7-8H2,1-3H3,(H,16,17,18). The third-order valence-electron chi connectivity index (χ3n) is 2.77. The van der Waals surface area contributed by atoms with Gasteiger partial charge in [0.05, 0.1) is 17.5 Å². The molecule has 0 amide bonds. The zero-order valence-electron chi connectivity index (χ0n) is 11.5. The number of rotatable bonds is 5. The SMILES string of the molecule is Cc1occc1-c1nc(CNCC(C)C)cc(=O)[nH]1. The molecule has 2 heterocycles. The number of H-pyrrole nitrogens is 1. The van der Waals surface area contributed by atoms with E-state index in [0.29, 0.717) is 18.3 Å². The van der Waals surface area contributed by atoms with Crippen molar-refractivity contribution in [1.82, 2.24) is 15.3 Å². The summed E-state index contributed by atoms with van der Waals surface area (Å²) in [5, 5.41) is 3.28. The summed E-state index contributed by atoms with van der Waals surface area (Å²) < 4.78 is 5.23. The molecular formula is C14H19N3O2. The van der Waals surface area contributed by atoms with Crippen molar-refractivity contribution in [3.8, 4) is 11.4 Å². The van der Waals surface area contributed by atoms with Gasteiger partial charge in [-0.1, -0.05) is 13.8 Å². The number of aromatic nitrogens is 2. The molecular weight excluding hydrogens is 242 g/mol. The monoisotopic (exact) mass is 261 g/mol.